The topological polar surface area (TPSA) is 58.2 Å². The minimum Gasteiger partial charge on any atom is -0.380 e. The monoisotopic (exact) mass is 317 g/mol. The van der Waals surface area contributed by atoms with Crippen LogP contribution in [0.25, 0.3) is 0 Å². The van der Waals surface area contributed by atoms with Crippen LogP contribution in [-0.2, 0) is 9.53 Å². The standard InChI is InChI=1S/C18H27N3O2/c1-11(14-7-5-6-8-14)18(22)21-10-15(23-4)9-16(21)17-19-12(2)13(3)20-17/h15-16H,5-10H2,1-4H3,(H,19,20)/t15-,16+/m1/s1. The molecule has 1 aliphatic heterocycles. The van der Waals surface area contributed by atoms with Gasteiger partial charge in [-0.2, -0.15) is 0 Å². The van der Waals surface area contributed by atoms with Crippen LogP contribution in [0.1, 0.15) is 62.3 Å². The Morgan fingerprint density at radius 3 is 2.57 bits per heavy atom. The first-order valence-electron chi connectivity index (χ1n) is 8.56. The van der Waals surface area contributed by atoms with E-state index in [1.807, 2.05) is 25.7 Å². The van der Waals surface area contributed by atoms with E-state index in [4.69, 9.17) is 4.74 Å². The minimum absolute atomic E-state index is 0.0168. The quantitative estimate of drug-likeness (QED) is 0.871. The Labute approximate surface area is 138 Å². The Morgan fingerprint density at radius 1 is 1.30 bits per heavy atom. The molecule has 1 saturated carbocycles. The van der Waals surface area contributed by atoms with E-state index < -0.39 is 0 Å². The normalized spacial score (nSPS) is 24.5. The van der Waals surface area contributed by atoms with Crippen LogP contribution in [0, 0.1) is 13.8 Å². The van der Waals surface area contributed by atoms with Gasteiger partial charge in [-0.3, -0.25) is 4.79 Å². The summed E-state index contributed by atoms with van der Waals surface area (Å²) in [6, 6.07) is -0.0168. The third kappa shape index (κ3) is 3.07. The average Bonchev–Trinajstić information content (AvgIpc) is 3.26. The minimum atomic E-state index is -0.0168. The summed E-state index contributed by atoms with van der Waals surface area (Å²) in [6.45, 7) is 6.64. The molecule has 1 aromatic rings. The van der Waals surface area contributed by atoms with Crippen LogP contribution in [-0.4, -0.2) is 40.5 Å². The Balaban J connectivity index is 1.88. The van der Waals surface area contributed by atoms with Gasteiger partial charge in [-0.15, -0.1) is 0 Å². The molecule has 23 heavy (non-hydrogen) atoms. The van der Waals surface area contributed by atoms with Crippen LogP contribution in [0.15, 0.2) is 11.1 Å². The molecule has 2 aliphatic rings. The lowest BCUT2D eigenvalue weighted by Crippen LogP contribution is -2.33. The maximum Gasteiger partial charge on any atom is 0.250 e. The zero-order valence-corrected chi connectivity index (χ0v) is 14.6. The number of likely N-dealkylation sites (tertiary alicyclic amines) is 1. The number of amides is 1. The van der Waals surface area contributed by atoms with Gasteiger partial charge in [-0.1, -0.05) is 5.57 Å². The summed E-state index contributed by atoms with van der Waals surface area (Å²) in [5, 5.41) is 0. The number of imidazole rings is 1. The van der Waals surface area contributed by atoms with Crippen LogP contribution >= 0.6 is 0 Å². The third-order valence-electron chi connectivity index (χ3n) is 5.38. The number of aromatic nitrogens is 2. The molecular weight excluding hydrogens is 290 g/mol. The highest BCUT2D eigenvalue weighted by Gasteiger charge is 2.39. The van der Waals surface area contributed by atoms with Crippen molar-refractivity contribution in [2.75, 3.05) is 13.7 Å². The molecule has 1 amide bonds. The molecule has 0 unspecified atom stereocenters. The first kappa shape index (κ1) is 16.2. The third-order valence-corrected chi connectivity index (χ3v) is 5.38. The molecule has 2 atom stereocenters. The average molecular weight is 317 g/mol. The van der Waals surface area contributed by atoms with Crippen molar-refractivity contribution in [3.8, 4) is 0 Å². The predicted molar refractivity (Wildman–Crippen MR) is 89.1 cm³/mol. The number of nitrogens with one attached hydrogen (secondary N) is 1. The highest BCUT2D eigenvalue weighted by molar-refractivity contribution is 5.94. The molecule has 2 heterocycles. The summed E-state index contributed by atoms with van der Waals surface area (Å²) in [4.78, 5) is 23.0. The number of aromatic amines is 1. The summed E-state index contributed by atoms with van der Waals surface area (Å²) < 4.78 is 5.53. The van der Waals surface area contributed by atoms with Crippen LogP contribution in [0.5, 0.6) is 0 Å². The van der Waals surface area contributed by atoms with Crippen molar-refractivity contribution in [2.24, 2.45) is 0 Å². The lowest BCUT2D eigenvalue weighted by atomic mass is 10.1. The fraction of sp³-hybridized carbons (Fsp3) is 0.667. The maximum atomic E-state index is 13.0. The first-order chi connectivity index (χ1) is 11.0. The molecule has 0 radical (unpaired) electrons. The SMILES string of the molecule is CO[C@@H]1C[C@@H](c2nc(C)c(C)[nH]2)N(C(=O)C(C)=C2CCCC2)C1. The number of allylic oxidation sites excluding steroid dienone is 1. The van der Waals surface area contributed by atoms with Gasteiger partial charge in [0.15, 0.2) is 0 Å². The summed E-state index contributed by atoms with van der Waals surface area (Å²) in [7, 11) is 1.72. The van der Waals surface area contributed by atoms with E-state index >= 15 is 0 Å². The number of H-pyrrole nitrogens is 1. The summed E-state index contributed by atoms with van der Waals surface area (Å²) >= 11 is 0. The maximum absolute atomic E-state index is 13.0. The molecular formula is C18H27N3O2. The second kappa shape index (κ2) is 6.48. The molecule has 0 aromatic carbocycles. The summed E-state index contributed by atoms with van der Waals surface area (Å²) in [5.41, 5.74) is 4.34. The van der Waals surface area contributed by atoms with Crippen LogP contribution in [0.3, 0.4) is 0 Å². The molecule has 0 spiro atoms. The predicted octanol–water partition coefficient (Wildman–Crippen LogP) is 3.21. The van der Waals surface area contributed by atoms with E-state index in [0.29, 0.717) is 6.54 Å². The van der Waals surface area contributed by atoms with Crippen molar-refractivity contribution in [3.05, 3.63) is 28.4 Å². The van der Waals surface area contributed by atoms with Gasteiger partial charge in [0.2, 0.25) is 5.91 Å². The van der Waals surface area contributed by atoms with Gasteiger partial charge in [0.25, 0.3) is 0 Å². The number of rotatable bonds is 3. The van der Waals surface area contributed by atoms with E-state index in [-0.39, 0.29) is 18.1 Å². The van der Waals surface area contributed by atoms with Gasteiger partial charge in [0.05, 0.1) is 17.8 Å². The molecule has 1 saturated heterocycles. The molecule has 126 valence electrons. The second-order valence-corrected chi connectivity index (χ2v) is 6.83. The van der Waals surface area contributed by atoms with Crippen molar-refractivity contribution in [2.45, 2.75) is 65.0 Å². The van der Waals surface area contributed by atoms with E-state index in [2.05, 4.69) is 9.97 Å². The zero-order chi connectivity index (χ0) is 16.6. The van der Waals surface area contributed by atoms with Crippen LogP contribution < -0.4 is 0 Å². The summed E-state index contributed by atoms with van der Waals surface area (Å²) in [6.07, 6.45) is 5.44. The van der Waals surface area contributed by atoms with Crippen molar-refractivity contribution in [1.29, 1.82) is 0 Å². The van der Waals surface area contributed by atoms with E-state index in [1.165, 1.54) is 18.4 Å². The van der Waals surface area contributed by atoms with Gasteiger partial charge in [-0.25, -0.2) is 4.98 Å². The van der Waals surface area contributed by atoms with Gasteiger partial charge >= 0.3 is 0 Å². The Morgan fingerprint density at radius 2 is 2.00 bits per heavy atom. The fourth-order valence-corrected chi connectivity index (χ4v) is 3.73. The van der Waals surface area contributed by atoms with Crippen molar-refractivity contribution < 1.29 is 9.53 Å². The number of carbonyl (C=O) groups is 1. The molecule has 1 aromatic heterocycles. The lowest BCUT2D eigenvalue weighted by molar-refractivity contribution is -0.128. The largest absolute Gasteiger partial charge is 0.380 e. The second-order valence-electron chi connectivity index (χ2n) is 6.83. The van der Waals surface area contributed by atoms with Crippen molar-refractivity contribution in [1.82, 2.24) is 14.9 Å². The van der Waals surface area contributed by atoms with Gasteiger partial charge in [0, 0.05) is 31.3 Å². The number of hydrogen-bond acceptors (Lipinski definition) is 3. The highest BCUT2D eigenvalue weighted by Crippen LogP contribution is 2.35. The number of nitrogens with zero attached hydrogens (tertiary/aromatic N) is 2. The molecule has 1 N–H and O–H groups in total. The number of carbonyl (C=O) groups excluding carboxylic acids is 1. The first-order valence-corrected chi connectivity index (χ1v) is 8.56. The lowest BCUT2D eigenvalue weighted by Gasteiger charge is -2.24. The van der Waals surface area contributed by atoms with E-state index in [1.54, 1.807) is 7.11 Å². The van der Waals surface area contributed by atoms with Crippen molar-refractivity contribution >= 4 is 5.91 Å². The Bertz CT molecular complexity index is 605. The molecule has 0 bridgehead atoms. The Kier molecular flexibility index (Phi) is 4.57. The van der Waals surface area contributed by atoms with E-state index in [0.717, 1.165) is 42.0 Å². The molecule has 2 fully saturated rings. The van der Waals surface area contributed by atoms with E-state index in [9.17, 15) is 4.79 Å². The number of aryl methyl sites for hydroxylation is 2. The highest BCUT2D eigenvalue weighted by atomic mass is 16.5. The van der Waals surface area contributed by atoms with Gasteiger partial charge in [0.1, 0.15) is 5.82 Å². The number of hydrogen-bond donors (Lipinski definition) is 1. The fourth-order valence-electron chi connectivity index (χ4n) is 3.73. The summed E-state index contributed by atoms with van der Waals surface area (Å²) in [5.74, 6) is 1.04. The molecule has 5 heteroatoms. The van der Waals surface area contributed by atoms with Crippen LogP contribution in [0.4, 0.5) is 0 Å². The smallest absolute Gasteiger partial charge is 0.250 e. The van der Waals surface area contributed by atoms with Gasteiger partial charge < -0.3 is 14.6 Å². The molecule has 1 aliphatic carbocycles. The Hall–Kier alpha value is -1.62. The zero-order valence-electron chi connectivity index (χ0n) is 14.6. The van der Waals surface area contributed by atoms with Crippen molar-refractivity contribution in [3.63, 3.8) is 0 Å². The molecule has 5 nitrogen and oxygen atoms in total. The molecule has 3 rings (SSSR count). The number of ether oxygens (including phenoxy) is 1. The van der Waals surface area contributed by atoms with Gasteiger partial charge in [-0.05, 0) is 46.5 Å². The van der Waals surface area contributed by atoms with Crippen LogP contribution in [0.2, 0.25) is 0 Å². The number of methoxy groups -OCH3 is 1.